The van der Waals surface area contributed by atoms with Gasteiger partial charge in [0.1, 0.15) is 12.1 Å². The molecule has 0 radical (unpaired) electrons. The lowest BCUT2D eigenvalue weighted by Crippen LogP contribution is -2.43. The summed E-state index contributed by atoms with van der Waals surface area (Å²) in [5, 5.41) is 14.4. The van der Waals surface area contributed by atoms with E-state index in [-0.39, 0.29) is 11.9 Å². The number of amides is 1. The molecule has 1 aromatic heterocycles. The van der Waals surface area contributed by atoms with Crippen LogP contribution in [0.1, 0.15) is 36.5 Å². The first-order chi connectivity index (χ1) is 12.6. The quantitative estimate of drug-likeness (QED) is 0.826. The van der Waals surface area contributed by atoms with Gasteiger partial charge in [0.25, 0.3) is 5.91 Å². The summed E-state index contributed by atoms with van der Waals surface area (Å²) in [5.74, 6) is 0.207. The molecule has 3 rings (SSSR count). The Morgan fingerprint density at radius 2 is 2.12 bits per heavy atom. The molecule has 0 aliphatic carbocycles. The van der Waals surface area contributed by atoms with E-state index in [1.54, 1.807) is 12.1 Å². The number of nitrogens with zero attached hydrogens (tertiary/aromatic N) is 5. The van der Waals surface area contributed by atoms with Gasteiger partial charge < -0.3 is 15.0 Å². The van der Waals surface area contributed by atoms with Gasteiger partial charge in [-0.3, -0.25) is 4.79 Å². The first-order valence-electron chi connectivity index (χ1n) is 8.72. The van der Waals surface area contributed by atoms with Gasteiger partial charge in [0, 0.05) is 18.7 Å². The average Bonchev–Trinajstić information content (AvgIpc) is 3.16. The minimum atomic E-state index is -0.212. The van der Waals surface area contributed by atoms with Gasteiger partial charge >= 0.3 is 0 Å². The average molecular weight is 379 g/mol. The number of aromatic nitrogens is 4. The molecular formula is C17H23ClN6O2. The molecule has 1 atom stereocenters. The molecule has 0 saturated carbocycles. The third kappa shape index (κ3) is 4.31. The Labute approximate surface area is 157 Å². The second kappa shape index (κ2) is 8.46. The van der Waals surface area contributed by atoms with Crippen molar-refractivity contribution in [3.63, 3.8) is 0 Å². The van der Waals surface area contributed by atoms with Crippen LogP contribution >= 0.6 is 11.6 Å². The Hall–Kier alpha value is -2.19. The van der Waals surface area contributed by atoms with Crippen LogP contribution in [0.3, 0.4) is 0 Å². The van der Waals surface area contributed by atoms with Crippen LogP contribution in [0.2, 0.25) is 5.02 Å². The van der Waals surface area contributed by atoms with E-state index in [0.717, 1.165) is 19.6 Å². The van der Waals surface area contributed by atoms with Crippen molar-refractivity contribution in [1.82, 2.24) is 30.4 Å². The molecule has 1 aromatic carbocycles. The molecule has 2 aromatic rings. The van der Waals surface area contributed by atoms with Crippen molar-refractivity contribution in [2.24, 2.45) is 0 Å². The maximum absolute atomic E-state index is 12.7. The number of likely N-dealkylation sites (tertiary alicyclic amines) is 1. The van der Waals surface area contributed by atoms with Crippen LogP contribution in [0.5, 0.6) is 5.75 Å². The minimum Gasteiger partial charge on any atom is -0.496 e. The maximum atomic E-state index is 12.7. The SMILES string of the molecule is COc1cc(-n2cnnn2)c(Cl)cc1C(=O)NC(C)CN1CCCCC1. The number of hydrogen-bond donors (Lipinski definition) is 1. The summed E-state index contributed by atoms with van der Waals surface area (Å²) in [6.45, 7) is 5.03. The number of ether oxygens (including phenoxy) is 1. The lowest BCUT2D eigenvalue weighted by Gasteiger charge is -2.29. The highest BCUT2D eigenvalue weighted by Crippen LogP contribution is 2.29. The van der Waals surface area contributed by atoms with E-state index in [9.17, 15) is 4.79 Å². The molecule has 9 heteroatoms. The molecule has 1 amide bonds. The van der Waals surface area contributed by atoms with Gasteiger partial charge in [-0.2, -0.15) is 4.68 Å². The number of piperidine rings is 1. The van der Waals surface area contributed by atoms with Crippen molar-refractivity contribution in [3.05, 3.63) is 29.0 Å². The number of hydrogen-bond acceptors (Lipinski definition) is 6. The second-order valence-electron chi connectivity index (χ2n) is 6.49. The fourth-order valence-corrected chi connectivity index (χ4v) is 3.46. The molecule has 1 saturated heterocycles. The molecule has 1 aliphatic rings. The van der Waals surface area contributed by atoms with Crippen molar-refractivity contribution >= 4 is 17.5 Å². The van der Waals surface area contributed by atoms with Crippen LogP contribution in [-0.2, 0) is 0 Å². The van der Waals surface area contributed by atoms with Crippen LogP contribution in [0.25, 0.3) is 5.69 Å². The largest absolute Gasteiger partial charge is 0.496 e. The van der Waals surface area contributed by atoms with E-state index in [0.29, 0.717) is 22.0 Å². The number of benzene rings is 1. The van der Waals surface area contributed by atoms with Gasteiger partial charge in [-0.15, -0.1) is 5.10 Å². The summed E-state index contributed by atoms with van der Waals surface area (Å²) >= 11 is 6.33. The van der Waals surface area contributed by atoms with Crippen LogP contribution in [0.15, 0.2) is 18.5 Å². The first-order valence-corrected chi connectivity index (χ1v) is 9.10. The van der Waals surface area contributed by atoms with Gasteiger partial charge in [-0.1, -0.05) is 18.0 Å². The Morgan fingerprint density at radius 3 is 2.77 bits per heavy atom. The molecule has 8 nitrogen and oxygen atoms in total. The molecule has 1 N–H and O–H groups in total. The number of methoxy groups -OCH3 is 1. The lowest BCUT2D eigenvalue weighted by atomic mass is 10.1. The molecule has 1 fully saturated rings. The van der Waals surface area contributed by atoms with E-state index in [1.807, 2.05) is 6.92 Å². The minimum absolute atomic E-state index is 0.0308. The highest BCUT2D eigenvalue weighted by Gasteiger charge is 2.20. The molecule has 140 valence electrons. The molecule has 26 heavy (non-hydrogen) atoms. The highest BCUT2D eigenvalue weighted by molar-refractivity contribution is 6.33. The van der Waals surface area contributed by atoms with Crippen molar-refractivity contribution in [1.29, 1.82) is 0 Å². The van der Waals surface area contributed by atoms with Gasteiger partial charge in [0.05, 0.1) is 23.4 Å². The topological polar surface area (TPSA) is 85.2 Å². The monoisotopic (exact) mass is 378 g/mol. The van der Waals surface area contributed by atoms with Crippen LogP contribution in [-0.4, -0.2) is 63.8 Å². The normalized spacial score (nSPS) is 16.3. The fourth-order valence-electron chi connectivity index (χ4n) is 3.21. The predicted octanol–water partition coefficient (Wildman–Crippen LogP) is 1.93. The van der Waals surface area contributed by atoms with Crippen molar-refractivity contribution in [2.45, 2.75) is 32.2 Å². The molecule has 1 aliphatic heterocycles. The zero-order valence-corrected chi connectivity index (χ0v) is 15.7. The summed E-state index contributed by atoms with van der Waals surface area (Å²) in [5.41, 5.74) is 0.936. The van der Waals surface area contributed by atoms with Crippen LogP contribution in [0.4, 0.5) is 0 Å². The molecule has 0 spiro atoms. The molecular weight excluding hydrogens is 356 g/mol. The van der Waals surface area contributed by atoms with Crippen LogP contribution in [0, 0.1) is 0 Å². The van der Waals surface area contributed by atoms with Gasteiger partial charge in [-0.05, 0) is 49.3 Å². The standard InChI is InChI=1S/C17H23ClN6O2/c1-12(10-23-6-4-3-5-7-23)20-17(25)13-8-14(18)15(9-16(13)26-2)24-11-19-21-22-24/h8-9,11-12H,3-7,10H2,1-2H3,(H,20,25). The molecule has 1 unspecified atom stereocenters. The summed E-state index contributed by atoms with van der Waals surface area (Å²) < 4.78 is 6.80. The maximum Gasteiger partial charge on any atom is 0.255 e. The zero-order valence-electron chi connectivity index (χ0n) is 15.0. The third-order valence-corrected chi connectivity index (χ3v) is 4.77. The van der Waals surface area contributed by atoms with Crippen molar-refractivity contribution in [2.75, 3.05) is 26.7 Å². The van der Waals surface area contributed by atoms with Crippen molar-refractivity contribution in [3.8, 4) is 11.4 Å². The zero-order chi connectivity index (χ0) is 18.5. The van der Waals surface area contributed by atoms with E-state index < -0.39 is 0 Å². The fraction of sp³-hybridized carbons (Fsp3) is 0.529. The first kappa shape index (κ1) is 18.6. The summed E-state index contributed by atoms with van der Waals surface area (Å²) in [6, 6.07) is 3.27. The smallest absolute Gasteiger partial charge is 0.255 e. The van der Waals surface area contributed by atoms with Gasteiger partial charge in [0.2, 0.25) is 0 Å². The predicted molar refractivity (Wildman–Crippen MR) is 97.9 cm³/mol. The number of nitrogens with one attached hydrogen (secondary N) is 1. The third-order valence-electron chi connectivity index (χ3n) is 4.47. The summed E-state index contributed by atoms with van der Waals surface area (Å²) in [7, 11) is 1.51. The van der Waals surface area contributed by atoms with Crippen molar-refractivity contribution < 1.29 is 9.53 Å². The Balaban J connectivity index is 1.73. The van der Waals surface area contributed by atoms with E-state index in [2.05, 4.69) is 25.7 Å². The Bertz CT molecular complexity index is 746. The number of carbonyl (C=O) groups excluding carboxylic acids is 1. The Morgan fingerprint density at radius 1 is 1.35 bits per heavy atom. The lowest BCUT2D eigenvalue weighted by molar-refractivity contribution is 0.0922. The number of rotatable bonds is 6. The molecule has 0 bridgehead atoms. The second-order valence-corrected chi connectivity index (χ2v) is 6.90. The number of carbonyl (C=O) groups is 1. The highest BCUT2D eigenvalue weighted by atomic mass is 35.5. The van der Waals surface area contributed by atoms with Gasteiger partial charge in [0.15, 0.2) is 0 Å². The number of halogens is 1. The van der Waals surface area contributed by atoms with E-state index >= 15 is 0 Å². The Kier molecular flexibility index (Phi) is 6.05. The van der Waals surface area contributed by atoms with Gasteiger partial charge in [-0.25, -0.2) is 0 Å². The van der Waals surface area contributed by atoms with Crippen LogP contribution < -0.4 is 10.1 Å². The summed E-state index contributed by atoms with van der Waals surface area (Å²) in [4.78, 5) is 15.1. The van der Waals surface area contributed by atoms with E-state index in [4.69, 9.17) is 16.3 Å². The number of tetrazole rings is 1. The summed E-state index contributed by atoms with van der Waals surface area (Å²) in [6.07, 6.45) is 5.17. The molecule has 2 heterocycles. The van der Waals surface area contributed by atoms with E-state index in [1.165, 1.54) is 37.4 Å².